The lowest BCUT2D eigenvalue weighted by Crippen LogP contribution is -2.12. The normalized spacial score (nSPS) is 16.3. The van der Waals surface area contributed by atoms with Crippen LogP contribution in [0.25, 0.3) is 10.7 Å². The summed E-state index contributed by atoms with van der Waals surface area (Å²) in [4.78, 5) is 21.2. The number of hydrogen-bond donors (Lipinski definition) is 1. The maximum absolute atomic E-state index is 11.0. The molecule has 0 unspecified atom stereocenters. The summed E-state index contributed by atoms with van der Waals surface area (Å²) < 4.78 is 0. The summed E-state index contributed by atoms with van der Waals surface area (Å²) in [6.45, 7) is 4.40. The summed E-state index contributed by atoms with van der Waals surface area (Å²) in [5.74, 6) is -0.937. The van der Waals surface area contributed by atoms with E-state index >= 15 is 0 Å². The van der Waals surface area contributed by atoms with Crippen molar-refractivity contribution in [1.82, 2.24) is 9.97 Å². The molecule has 0 saturated heterocycles. The average molecular weight is 274 g/mol. The van der Waals surface area contributed by atoms with Gasteiger partial charge >= 0.3 is 5.97 Å². The molecule has 19 heavy (non-hydrogen) atoms. The van der Waals surface area contributed by atoms with Crippen molar-refractivity contribution >= 4 is 17.3 Å². The number of carbonyl (C=O) groups is 1. The van der Waals surface area contributed by atoms with Crippen LogP contribution >= 0.6 is 11.3 Å². The third-order valence-corrected chi connectivity index (χ3v) is 4.68. The molecule has 1 aliphatic carbocycles. The van der Waals surface area contributed by atoms with Crippen molar-refractivity contribution in [3.8, 4) is 10.7 Å². The summed E-state index contributed by atoms with van der Waals surface area (Å²) in [5, 5.41) is 9.83. The molecule has 0 amide bonds. The first-order valence-corrected chi connectivity index (χ1v) is 6.99. The summed E-state index contributed by atoms with van der Waals surface area (Å²) in [7, 11) is 0. The van der Waals surface area contributed by atoms with E-state index in [1.54, 1.807) is 17.4 Å². The van der Waals surface area contributed by atoms with Gasteiger partial charge in [-0.1, -0.05) is 13.8 Å². The fourth-order valence-electron chi connectivity index (χ4n) is 2.38. The molecule has 5 heteroatoms. The van der Waals surface area contributed by atoms with E-state index in [2.05, 4.69) is 23.8 Å². The maximum atomic E-state index is 11.0. The molecule has 0 fully saturated rings. The monoisotopic (exact) mass is 274 g/mol. The SMILES string of the molecule is CC1(C)CCc2sc(-c3cc(C(=O)O)ccn3)nc21. The largest absolute Gasteiger partial charge is 0.478 e. The van der Waals surface area contributed by atoms with Crippen molar-refractivity contribution in [2.75, 3.05) is 0 Å². The quantitative estimate of drug-likeness (QED) is 0.913. The molecule has 0 saturated carbocycles. The first-order valence-electron chi connectivity index (χ1n) is 6.17. The van der Waals surface area contributed by atoms with Crippen molar-refractivity contribution < 1.29 is 9.90 Å². The zero-order chi connectivity index (χ0) is 13.6. The van der Waals surface area contributed by atoms with E-state index in [0.717, 1.165) is 23.5 Å². The van der Waals surface area contributed by atoms with Crippen LogP contribution < -0.4 is 0 Å². The van der Waals surface area contributed by atoms with E-state index in [0.29, 0.717) is 5.69 Å². The number of carboxylic acids is 1. The van der Waals surface area contributed by atoms with Gasteiger partial charge in [-0.2, -0.15) is 0 Å². The highest BCUT2D eigenvalue weighted by Gasteiger charge is 2.34. The Labute approximate surface area is 115 Å². The number of carboxylic acid groups (broad SMARTS) is 1. The second-order valence-corrected chi connectivity index (χ2v) is 6.49. The summed E-state index contributed by atoms with van der Waals surface area (Å²) in [6, 6.07) is 3.08. The van der Waals surface area contributed by atoms with Crippen molar-refractivity contribution in [2.45, 2.75) is 32.1 Å². The minimum Gasteiger partial charge on any atom is -0.478 e. The Morgan fingerprint density at radius 1 is 1.47 bits per heavy atom. The van der Waals surface area contributed by atoms with Gasteiger partial charge in [0.05, 0.1) is 17.0 Å². The topological polar surface area (TPSA) is 63.1 Å². The van der Waals surface area contributed by atoms with Gasteiger partial charge in [-0.05, 0) is 25.0 Å². The van der Waals surface area contributed by atoms with Crippen LogP contribution in [0, 0.1) is 0 Å². The Balaban J connectivity index is 2.05. The molecule has 1 N–H and O–H groups in total. The predicted molar refractivity (Wildman–Crippen MR) is 73.7 cm³/mol. The Morgan fingerprint density at radius 3 is 2.95 bits per heavy atom. The van der Waals surface area contributed by atoms with Crippen LogP contribution in [0.3, 0.4) is 0 Å². The Morgan fingerprint density at radius 2 is 2.26 bits per heavy atom. The highest BCUT2D eigenvalue weighted by molar-refractivity contribution is 7.15. The summed E-state index contributed by atoms with van der Waals surface area (Å²) >= 11 is 1.63. The standard InChI is InChI=1S/C14H14N2O2S/c1-14(2)5-3-10-11(14)16-12(19-10)9-7-8(13(17)18)4-6-15-9/h4,6-7H,3,5H2,1-2H3,(H,17,18). The highest BCUT2D eigenvalue weighted by atomic mass is 32.1. The molecule has 0 bridgehead atoms. The van der Waals surface area contributed by atoms with E-state index in [1.165, 1.54) is 17.1 Å². The van der Waals surface area contributed by atoms with Crippen LogP contribution in [0.5, 0.6) is 0 Å². The second kappa shape index (κ2) is 4.13. The number of nitrogens with zero attached hydrogens (tertiary/aromatic N) is 2. The molecule has 2 aromatic heterocycles. The summed E-state index contributed by atoms with van der Waals surface area (Å²) in [5.41, 5.74) is 2.17. The maximum Gasteiger partial charge on any atom is 0.335 e. The van der Waals surface area contributed by atoms with E-state index in [1.807, 2.05) is 0 Å². The molecule has 0 aromatic carbocycles. The van der Waals surface area contributed by atoms with E-state index < -0.39 is 5.97 Å². The van der Waals surface area contributed by atoms with Crippen LogP contribution in [0.15, 0.2) is 18.3 Å². The Kier molecular flexibility index (Phi) is 2.67. The Bertz CT molecular complexity index is 661. The molecule has 3 rings (SSSR count). The van der Waals surface area contributed by atoms with Gasteiger partial charge in [0.1, 0.15) is 5.01 Å². The zero-order valence-electron chi connectivity index (χ0n) is 10.8. The first-order chi connectivity index (χ1) is 8.97. The molecule has 4 nitrogen and oxygen atoms in total. The number of thiazole rings is 1. The summed E-state index contributed by atoms with van der Waals surface area (Å²) in [6.07, 6.45) is 3.71. The predicted octanol–water partition coefficient (Wildman–Crippen LogP) is 3.13. The lowest BCUT2D eigenvalue weighted by Gasteiger charge is -2.15. The molecule has 0 atom stereocenters. The molecular formula is C14H14N2O2S. The third kappa shape index (κ3) is 2.04. The average Bonchev–Trinajstić information content (AvgIpc) is 2.91. The Hall–Kier alpha value is -1.75. The highest BCUT2D eigenvalue weighted by Crippen LogP contribution is 2.42. The van der Waals surface area contributed by atoms with Crippen LogP contribution in [0.2, 0.25) is 0 Å². The van der Waals surface area contributed by atoms with Gasteiger partial charge in [0.2, 0.25) is 0 Å². The number of fused-ring (bicyclic) bond motifs is 1. The van der Waals surface area contributed by atoms with Gasteiger partial charge < -0.3 is 5.11 Å². The zero-order valence-corrected chi connectivity index (χ0v) is 11.6. The van der Waals surface area contributed by atoms with Crippen molar-refractivity contribution in [2.24, 2.45) is 0 Å². The number of aromatic nitrogens is 2. The van der Waals surface area contributed by atoms with Gasteiger partial charge in [0, 0.05) is 16.5 Å². The molecular weight excluding hydrogens is 260 g/mol. The number of hydrogen-bond acceptors (Lipinski definition) is 4. The van der Waals surface area contributed by atoms with Crippen molar-refractivity contribution in [3.05, 3.63) is 34.5 Å². The van der Waals surface area contributed by atoms with Crippen LogP contribution in [0.4, 0.5) is 0 Å². The number of rotatable bonds is 2. The molecule has 0 aliphatic heterocycles. The van der Waals surface area contributed by atoms with Crippen molar-refractivity contribution in [1.29, 1.82) is 0 Å². The van der Waals surface area contributed by atoms with E-state index in [4.69, 9.17) is 5.11 Å². The van der Waals surface area contributed by atoms with Gasteiger partial charge in [0.15, 0.2) is 0 Å². The number of aryl methyl sites for hydroxylation is 1. The van der Waals surface area contributed by atoms with Crippen LogP contribution in [-0.2, 0) is 11.8 Å². The molecule has 0 spiro atoms. The molecule has 98 valence electrons. The molecule has 2 aromatic rings. The lowest BCUT2D eigenvalue weighted by molar-refractivity contribution is 0.0697. The van der Waals surface area contributed by atoms with Gasteiger partial charge in [0.25, 0.3) is 0 Å². The minimum absolute atomic E-state index is 0.120. The van der Waals surface area contributed by atoms with Gasteiger partial charge in [-0.3, -0.25) is 4.98 Å². The number of pyridine rings is 1. The fourth-order valence-corrected chi connectivity index (χ4v) is 3.59. The van der Waals surface area contributed by atoms with Gasteiger partial charge in [-0.15, -0.1) is 11.3 Å². The van der Waals surface area contributed by atoms with E-state index in [9.17, 15) is 4.79 Å². The van der Waals surface area contributed by atoms with Crippen molar-refractivity contribution in [3.63, 3.8) is 0 Å². The molecule has 2 heterocycles. The third-order valence-electron chi connectivity index (χ3n) is 3.54. The van der Waals surface area contributed by atoms with Crippen LogP contribution in [-0.4, -0.2) is 21.0 Å². The molecule has 0 radical (unpaired) electrons. The minimum atomic E-state index is -0.937. The van der Waals surface area contributed by atoms with E-state index in [-0.39, 0.29) is 11.0 Å². The van der Waals surface area contributed by atoms with Crippen LogP contribution in [0.1, 0.15) is 41.2 Å². The fraction of sp³-hybridized carbons (Fsp3) is 0.357. The lowest BCUT2D eigenvalue weighted by atomic mass is 9.91. The molecule has 1 aliphatic rings. The second-order valence-electron chi connectivity index (χ2n) is 5.41. The first kappa shape index (κ1) is 12.3. The van der Waals surface area contributed by atoms with Gasteiger partial charge in [-0.25, -0.2) is 9.78 Å². The number of aromatic carboxylic acids is 1. The smallest absolute Gasteiger partial charge is 0.335 e.